The second kappa shape index (κ2) is 9.83. The molecule has 0 saturated carbocycles. The minimum absolute atomic E-state index is 0.309. The molecule has 34 heavy (non-hydrogen) atoms. The van der Waals surface area contributed by atoms with E-state index in [4.69, 9.17) is 4.74 Å². The van der Waals surface area contributed by atoms with Gasteiger partial charge in [0.1, 0.15) is 18.1 Å². The second-order valence-corrected chi connectivity index (χ2v) is 7.70. The first-order valence-corrected chi connectivity index (χ1v) is 10.9. The highest BCUT2D eigenvalue weighted by atomic mass is 16.5. The molecule has 1 aromatic heterocycles. The number of H-pyrrole nitrogens is 1. The van der Waals surface area contributed by atoms with E-state index in [1.54, 1.807) is 12.3 Å². The zero-order valence-electron chi connectivity index (χ0n) is 18.3. The normalized spacial score (nSPS) is 11.1. The fraction of sp³-hybridized carbons (Fsp3) is 0.0357. The van der Waals surface area contributed by atoms with Crippen molar-refractivity contribution in [2.45, 2.75) is 6.61 Å². The van der Waals surface area contributed by atoms with Gasteiger partial charge in [-0.2, -0.15) is 10.2 Å². The Hall–Kier alpha value is -4.71. The first kappa shape index (κ1) is 21.2. The Morgan fingerprint density at radius 3 is 2.59 bits per heavy atom. The predicted octanol–water partition coefficient (Wildman–Crippen LogP) is 5.57. The van der Waals surface area contributed by atoms with Crippen LogP contribution in [-0.4, -0.2) is 22.3 Å². The fourth-order valence-electron chi connectivity index (χ4n) is 3.72. The van der Waals surface area contributed by atoms with E-state index in [-0.39, 0.29) is 5.91 Å². The van der Waals surface area contributed by atoms with E-state index in [0.29, 0.717) is 23.7 Å². The zero-order valence-corrected chi connectivity index (χ0v) is 18.3. The highest BCUT2D eigenvalue weighted by molar-refractivity contribution is 5.94. The van der Waals surface area contributed by atoms with E-state index in [1.807, 2.05) is 72.8 Å². The van der Waals surface area contributed by atoms with Gasteiger partial charge >= 0.3 is 0 Å². The van der Waals surface area contributed by atoms with Crippen LogP contribution in [0, 0.1) is 0 Å². The average molecular weight is 447 g/mol. The lowest BCUT2D eigenvalue weighted by Crippen LogP contribution is -2.17. The number of aromatic nitrogens is 2. The van der Waals surface area contributed by atoms with Gasteiger partial charge in [0, 0.05) is 5.56 Å². The lowest BCUT2D eigenvalue weighted by Gasteiger charge is -2.12. The van der Waals surface area contributed by atoms with Crippen LogP contribution in [0.25, 0.3) is 22.0 Å². The molecule has 0 bridgehead atoms. The molecule has 6 heteroatoms. The summed E-state index contributed by atoms with van der Waals surface area (Å²) < 4.78 is 6.19. The molecule has 0 aliphatic rings. The molecule has 0 aliphatic heterocycles. The Morgan fingerprint density at radius 2 is 1.68 bits per heavy atom. The molecule has 2 N–H and O–H groups in total. The third kappa shape index (κ3) is 4.71. The number of para-hydroxylation sites is 1. The molecule has 0 atom stereocenters. The van der Waals surface area contributed by atoms with Crippen LogP contribution < -0.4 is 10.2 Å². The Balaban J connectivity index is 1.31. The minimum Gasteiger partial charge on any atom is -0.488 e. The number of amides is 1. The lowest BCUT2D eigenvalue weighted by molar-refractivity contribution is 0.0950. The summed E-state index contributed by atoms with van der Waals surface area (Å²) >= 11 is 0. The van der Waals surface area contributed by atoms with Crippen molar-refractivity contribution < 1.29 is 9.53 Å². The van der Waals surface area contributed by atoms with Crippen molar-refractivity contribution in [3.05, 3.63) is 120 Å². The highest BCUT2D eigenvalue weighted by Crippen LogP contribution is 2.30. The van der Waals surface area contributed by atoms with Gasteiger partial charge in [0.25, 0.3) is 5.91 Å². The van der Waals surface area contributed by atoms with E-state index in [1.165, 1.54) is 5.39 Å². The molecule has 0 unspecified atom stereocenters. The maximum absolute atomic E-state index is 12.5. The molecule has 0 aliphatic carbocycles. The maximum Gasteiger partial charge on any atom is 0.289 e. The topological polar surface area (TPSA) is 79.4 Å². The molecule has 5 rings (SSSR count). The molecule has 0 fully saturated rings. The van der Waals surface area contributed by atoms with Crippen LogP contribution in [0.5, 0.6) is 5.75 Å². The van der Waals surface area contributed by atoms with Gasteiger partial charge in [-0.3, -0.25) is 9.89 Å². The van der Waals surface area contributed by atoms with E-state index in [9.17, 15) is 4.79 Å². The summed E-state index contributed by atoms with van der Waals surface area (Å²) in [6.07, 6.45) is 1.59. The number of ether oxygens (including phenoxy) is 1. The number of carbonyl (C=O) groups excluding carboxylic acids is 1. The van der Waals surface area contributed by atoms with Gasteiger partial charge in [-0.05, 0) is 40.1 Å². The summed E-state index contributed by atoms with van der Waals surface area (Å²) in [5, 5.41) is 13.5. The van der Waals surface area contributed by atoms with Crippen LogP contribution in [0.2, 0.25) is 0 Å². The van der Waals surface area contributed by atoms with Crippen molar-refractivity contribution in [3.63, 3.8) is 0 Å². The Kier molecular flexibility index (Phi) is 6.12. The average Bonchev–Trinajstić information content (AvgIpc) is 3.39. The van der Waals surface area contributed by atoms with Gasteiger partial charge < -0.3 is 4.74 Å². The highest BCUT2D eigenvalue weighted by Gasteiger charge is 2.14. The van der Waals surface area contributed by atoms with Crippen LogP contribution in [0.1, 0.15) is 21.6 Å². The Morgan fingerprint density at radius 1 is 0.912 bits per heavy atom. The summed E-state index contributed by atoms with van der Waals surface area (Å²) in [6, 6.07) is 33.3. The number of nitrogens with zero attached hydrogens (tertiary/aromatic N) is 2. The van der Waals surface area contributed by atoms with Gasteiger partial charge in [0.05, 0.1) is 11.9 Å². The molecule has 0 saturated heterocycles. The van der Waals surface area contributed by atoms with Gasteiger partial charge in [0.15, 0.2) is 0 Å². The maximum atomic E-state index is 12.5. The summed E-state index contributed by atoms with van der Waals surface area (Å²) in [7, 11) is 0. The molecule has 0 spiro atoms. The van der Waals surface area contributed by atoms with Crippen LogP contribution in [0.3, 0.4) is 0 Å². The van der Waals surface area contributed by atoms with E-state index >= 15 is 0 Å². The first-order valence-electron chi connectivity index (χ1n) is 10.9. The summed E-state index contributed by atoms with van der Waals surface area (Å²) in [5.41, 5.74) is 6.24. The summed E-state index contributed by atoms with van der Waals surface area (Å²) in [4.78, 5) is 12.5. The molecular formula is C28H22N4O2. The van der Waals surface area contributed by atoms with Crippen LogP contribution in [0.4, 0.5) is 0 Å². The number of nitrogens with one attached hydrogen (secondary N) is 2. The number of carbonyl (C=O) groups is 1. The summed E-state index contributed by atoms with van der Waals surface area (Å²) in [6.45, 7) is 0.421. The predicted molar refractivity (Wildman–Crippen MR) is 134 cm³/mol. The van der Waals surface area contributed by atoms with E-state index in [2.05, 4.69) is 45.0 Å². The SMILES string of the molecule is O=C(NN=Cc1ccccc1)c1cc(-c2ccccc2OCc2cccc3ccccc23)n[nH]1. The van der Waals surface area contributed by atoms with Crippen molar-refractivity contribution in [1.29, 1.82) is 0 Å². The van der Waals surface area contributed by atoms with Gasteiger partial charge in [-0.15, -0.1) is 0 Å². The first-order chi connectivity index (χ1) is 16.8. The van der Waals surface area contributed by atoms with Gasteiger partial charge in [-0.25, -0.2) is 5.43 Å². The number of benzene rings is 4. The van der Waals surface area contributed by atoms with Crippen molar-refractivity contribution in [1.82, 2.24) is 15.6 Å². The number of hydrogen-bond acceptors (Lipinski definition) is 4. The molecule has 6 nitrogen and oxygen atoms in total. The number of rotatable bonds is 7. The molecule has 4 aromatic carbocycles. The van der Waals surface area contributed by atoms with Crippen LogP contribution in [-0.2, 0) is 6.61 Å². The third-order valence-corrected chi connectivity index (χ3v) is 5.43. The summed E-state index contributed by atoms with van der Waals surface area (Å²) in [5.74, 6) is 0.316. The van der Waals surface area contributed by atoms with Crippen molar-refractivity contribution in [2.75, 3.05) is 0 Å². The number of aromatic amines is 1. The van der Waals surface area contributed by atoms with Crippen LogP contribution in [0.15, 0.2) is 108 Å². The van der Waals surface area contributed by atoms with Crippen molar-refractivity contribution in [3.8, 4) is 17.0 Å². The fourth-order valence-corrected chi connectivity index (χ4v) is 3.72. The van der Waals surface area contributed by atoms with Gasteiger partial charge in [-0.1, -0.05) is 84.9 Å². The molecular weight excluding hydrogens is 424 g/mol. The Labute approximate surface area is 196 Å². The third-order valence-electron chi connectivity index (χ3n) is 5.43. The number of hydrogen-bond donors (Lipinski definition) is 2. The minimum atomic E-state index is -0.375. The largest absolute Gasteiger partial charge is 0.488 e. The smallest absolute Gasteiger partial charge is 0.289 e. The van der Waals surface area contributed by atoms with E-state index in [0.717, 1.165) is 22.1 Å². The quantitative estimate of drug-likeness (QED) is 0.253. The number of fused-ring (bicyclic) bond motifs is 1. The zero-order chi connectivity index (χ0) is 23.2. The number of hydrazone groups is 1. The Bertz CT molecular complexity index is 1450. The molecule has 1 amide bonds. The van der Waals surface area contributed by atoms with E-state index < -0.39 is 0 Å². The molecule has 1 heterocycles. The standard InChI is InChI=1S/C28H22N4O2/c33-28(32-29-18-20-9-2-1-3-10-20)26-17-25(30-31-26)24-15-6-7-16-27(24)34-19-22-13-8-12-21-11-4-5-14-23(21)22/h1-18H,19H2,(H,30,31)(H,32,33). The van der Waals surface area contributed by atoms with Crippen molar-refractivity contribution >= 4 is 22.9 Å². The second-order valence-electron chi connectivity index (χ2n) is 7.70. The van der Waals surface area contributed by atoms with Gasteiger partial charge in [0.2, 0.25) is 0 Å². The van der Waals surface area contributed by atoms with Crippen LogP contribution >= 0.6 is 0 Å². The monoisotopic (exact) mass is 446 g/mol. The lowest BCUT2D eigenvalue weighted by atomic mass is 10.1. The molecule has 166 valence electrons. The van der Waals surface area contributed by atoms with Crippen molar-refractivity contribution in [2.24, 2.45) is 5.10 Å². The molecule has 5 aromatic rings. The molecule has 0 radical (unpaired) electrons.